The van der Waals surface area contributed by atoms with Gasteiger partial charge in [-0.1, -0.05) is 311 Å². The predicted molar refractivity (Wildman–Crippen MR) is 363 cm³/mol. The van der Waals surface area contributed by atoms with Gasteiger partial charge in [0.1, 0.15) is 19.3 Å². The SMILES string of the molecule is CCCCCCCCCCCCCCCCCC(=O)O[C@H](COC(=O)CCCCCCCCCCCCC(C)CC)COP(=O)(O)OC[C@@H](O)COP(=O)(O)OC[C@@H](COC(=O)CCCCCCCCCCC)OC(=O)CCCCCCCCCCC(C)CC. The van der Waals surface area contributed by atoms with Crippen LogP contribution in [0.15, 0.2) is 0 Å². The van der Waals surface area contributed by atoms with Crippen LogP contribution in [-0.2, 0) is 65.4 Å². The number of unbranched alkanes of at least 4 members (excludes halogenated alkanes) is 38. The highest BCUT2D eigenvalue weighted by molar-refractivity contribution is 7.47. The maximum Gasteiger partial charge on any atom is 0.472 e. The molecule has 7 atom stereocenters. The normalized spacial score (nSPS) is 14.7. The number of hydrogen-bond donors (Lipinski definition) is 3. The number of rotatable bonds is 70. The van der Waals surface area contributed by atoms with Crippen LogP contribution in [0.25, 0.3) is 0 Å². The van der Waals surface area contributed by atoms with Gasteiger partial charge in [0.05, 0.1) is 26.4 Å². The molecule has 0 heterocycles. The van der Waals surface area contributed by atoms with E-state index < -0.39 is 97.5 Å². The van der Waals surface area contributed by atoms with Crippen molar-refractivity contribution in [2.24, 2.45) is 11.8 Å². The van der Waals surface area contributed by atoms with Crippen molar-refractivity contribution in [2.75, 3.05) is 39.6 Å². The number of hydrogen-bond acceptors (Lipinski definition) is 15. The first-order chi connectivity index (χ1) is 43.4. The maximum absolute atomic E-state index is 13.0. The van der Waals surface area contributed by atoms with Gasteiger partial charge >= 0.3 is 39.5 Å². The lowest BCUT2D eigenvalue weighted by atomic mass is 9.99. The van der Waals surface area contributed by atoms with Crippen LogP contribution in [0.5, 0.6) is 0 Å². The van der Waals surface area contributed by atoms with Crippen LogP contribution in [0.4, 0.5) is 0 Å². The molecule has 0 spiro atoms. The van der Waals surface area contributed by atoms with Gasteiger partial charge in [0.15, 0.2) is 12.2 Å². The third kappa shape index (κ3) is 62.2. The van der Waals surface area contributed by atoms with Crippen molar-refractivity contribution in [1.29, 1.82) is 0 Å². The summed E-state index contributed by atoms with van der Waals surface area (Å²) in [5, 5.41) is 10.6. The minimum absolute atomic E-state index is 0.105. The fourth-order valence-electron chi connectivity index (χ4n) is 10.7. The molecule has 4 unspecified atom stereocenters. The maximum atomic E-state index is 13.0. The van der Waals surface area contributed by atoms with E-state index in [-0.39, 0.29) is 25.7 Å². The predicted octanol–water partition coefficient (Wildman–Crippen LogP) is 20.4. The van der Waals surface area contributed by atoms with Crippen LogP contribution in [0.3, 0.4) is 0 Å². The standard InChI is InChI=1S/C71H138O17P2/c1-7-11-13-15-17-19-20-21-22-23-24-30-37-43-49-55-70(75)87-66(60-82-69(74)54-48-42-36-29-26-25-28-33-39-45-51-63(5)9-3)61-85-89(77,78)83-57-65(72)58-84-90(79,80)86-62-67(59-81-68(73)53-47-41-35-27-18-16-14-12-8-2)88-71(76)56-50-44-38-32-31-34-40-46-52-64(6)10-4/h63-67,72H,7-62H2,1-6H3,(H,77,78)(H,79,80)/t63?,64?,65-,66-,67-/m1/s1. The molecule has 0 rings (SSSR count). The lowest BCUT2D eigenvalue weighted by Crippen LogP contribution is -2.30. The fourth-order valence-corrected chi connectivity index (χ4v) is 12.3. The van der Waals surface area contributed by atoms with E-state index in [0.717, 1.165) is 102 Å². The number of ether oxygens (including phenoxy) is 4. The Morgan fingerprint density at radius 2 is 0.533 bits per heavy atom. The van der Waals surface area contributed by atoms with Gasteiger partial charge in [-0.2, -0.15) is 0 Å². The third-order valence-corrected chi connectivity index (χ3v) is 19.1. The van der Waals surface area contributed by atoms with Crippen LogP contribution < -0.4 is 0 Å². The summed E-state index contributed by atoms with van der Waals surface area (Å²) >= 11 is 0. The highest BCUT2D eigenvalue weighted by Gasteiger charge is 2.30. The third-order valence-electron chi connectivity index (χ3n) is 17.2. The first kappa shape index (κ1) is 88.1. The van der Waals surface area contributed by atoms with Crippen molar-refractivity contribution in [3.8, 4) is 0 Å². The molecule has 17 nitrogen and oxygen atoms in total. The average Bonchev–Trinajstić information content (AvgIpc) is 3.24. The van der Waals surface area contributed by atoms with Gasteiger partial charge in [0.25, 0.3) is 0 Å². The summed E-state index contributed by atoms with van der Waals surface area (Å²) < 4.78 is 68.3. The average molecular weight is 1330 g/mol. The number of phosphoric ester groups is 2. The molecule has 0 aliphatic rings. The largest absolute Gasteiger partial charge is 0.472 e. The second-order valence-corrected chi connectivity index (χ2v) is 29.0. The molecule has 534 valence electrons. The van der Waals surface area contributed by atoms with E-state index in [0.29, 0.717) is 25.7 Å². The smallest absolute Gasteiger partial charge is 0.462 e. The van der Waals surface area contributed by atoms with Crippen LogP contribution >= 0.6 is 15.6 Å². The molecule has 0 saturated heterocycles. The summed E-state index contributed by atoms with van der Waals surface area (Å²) in [5.41, 5.74) is 0. The molecule has 0 aliphatic heterocycles. The molecule has 0 aromatic carbocycles. The van der Waals surface area contributed by atoms with Gasteiger partial charge in [-0.25, -0.2) is 9.13 Å². The monoisotopic (exact) mass is 1320 g/mol. The number of aliphatic hydroxyl groups is 1. The molecule has 0 fully saturated rings. The van der Waals surface area contributed by atoms with E-state index in [1.807, 2.05) is 0 Å². The van der Waals surface area contributed by atoms with Crippen LogP contribution in [-0.4, -0.2) is 96.7 Å². The lowest BCUT2D eigenvalue weighted by Gasteiger charge is -2.21. The van der Waals surface area contributed by atoms with E-state index in [1.165, 1.54) is 180 Å². The zero-order valence-electron chi connectivity index (χ0n) is 58.4. The molecule has 0 radical (unpaired) electrons. The molecule has 19 heteroatoms. The highest BCUT2D eigenvalue weighted by atomic mass is 31.2. The van der Waals surface area contributed by atoms with Gasteiger partial charge in [-0.05, 0) is 37.5 Å². The Kier molecular flexibility index (Phi) is 61.8. The van der Waals surface area contributed by atoms with Crippen LogP contribution in [0.1, 0.15) is 363 Å². The van der Waals surface area contributed by atoms with Crippen molar-refractivity contribution in [1.82, 2.24) is 0 Å². The summed E-state index contributed by atoms with van der Waals surface area (Å²) in [5.74, 6) is -0.544. The first-order valence-electron chi connectivity index (χ1n) is 37.1. The van der Waals surface area contributed by atoms with Crippen LogP contribution in [0.2, 0.25) is 0 Å². The molecular formula is C71H138O17P2. The number of aliphatic hydroxyl groups excluding tert-OH is 1. The summed E-state index contributed by atoms with van der Waals surface area (Å²) in [6, 6.07) is 0. The van der Waals surface area contributed by atoms with Gasteiger partial charge in [-0.15, -0.1) is 0 Å². The molecule has 0 aromatic heterocycles. The van der Waals surface area contributed by atoms with E-state index >= 15 is 0 Å². The number of carbonyl (C=O) groups is 4. The van der Waals surface area contributed by atoms with Crippen LogP contribution in [0, 0.1) is 11.8 Å². The zero-order valence-corrected chi connectivity index (χ0v) is 60.2. The molecule has 3 N–H and O–H groups in total. The van der Waals surface area contributed by atoms with Crippen molar-refractivity contribution < 1.29 is 80.2 Å². The number of esters is 4. The summed E-state index contributed by atoms with van der Waals surface area (Å²) in [6.45, 7) is 9.57. The van der Waals surface area contributed by atoms with Gasteiger partial charge in [-0.3, -0.25) is 37.3 Å². The Balaban J connectivity index is 5.25. The number of phosphoric acid groups is 2. The quantitative estimate of drug-likeness (QED) is 0.0222. The van der Waals surface area contributed by atoms with E-state index in [4.69, 9.17) is 37.0 Å². The molecule has 0 amide bonds. The molecule has 0 aromatic rings. The summed E-state index contributed by atoms with van der Waals surface area (Å²) in [6.07, 6.45) is 48.4. The molecular weight excluding hydrogens is 1190 g/mol. The minimum atomic E-state index is -4.95. The van der Waals surface area contributed by atoms with Gasteiger partial charge < -0.3 is 33.8 Å². The molecule has 90 heavy (non-hydrogen) atoms. The van der Waals surface area contributed by atoms with E-state index in [1.54, 1.807) is 0 Å². The Morgan fingerprint density at radius 1 is 0.311 bits per heavy atom. The first-order valence-corrected chi connectivity index (χ1v) is 40.1. The molecule has 0 bridgehead atoms. The van der Waals surface area contributed by atoms with Gasteiger partial charge in [0, 0.05) is 25.7 Å². The second-order valence-electron chi connectivity index (χ2n) is 26.1. The minimum Gasteiger partial charge on any atom is -0.462 e. The Bertz CT molecular complexity index is 1760. The Labute approximate surface area is 549 Å². The zero-order chi connectivity index (χ0) is 66.5. The topological polar surface area (TPSA) is 237 Å². The van der Waals surface area contributed by atoms with Crippen molar-refractivity contribution in [2.45, 2.75) is 381 Å². The number of carbonyl (C=O) groups excluding carboxylic acids is 4. The lowest BCUT2D eigenvalue weighted by molar-refractivity contribution is -0.161. The fraction of sp³-hybridized carbons (Fsp3) is 0.944. The van der Waals surface area contributed by atoms with Gasteiger partial charge in [0.2, 0.25) is 0 Å². The summed E-state index contributed by atoms with van der Waals surface area (Å²) in [4.78, 5) is 72.6. The molecule has 0 aliphatic carbocycles. The van der Waals surface area contributed by atoms with Crippen molar-refractivity contribution in [3.05, 3.63) is 0 Å². The highest BCUT2D eigenvalue weighted by Crippen LogP contribution is 2.45. The van der Waals surface area contributed by atoms with Crippen molar-refractivity contribution in [3.63, 3.8) is 0 Å². The van der Waals surface area contributed by atoms with Crippen molar-refractivity contribution >= 4 is 39.5 Å². The second kappa shape index (κ2) is 63.1. The summed E-state index contributed by atoms with van der Waals surface area (Å²) in [7, 11) is -9.90. The Morgan fingerprint density at radius 3 is 0.789 bits per heavy atom. The molecule has 0 saturated carbocycles. The van der Waals surface area contributed by atoms with E-state index in [2.05, 4.69) is 41.5 Å². The van der Waals surface area contributed by atoms with E-state index in [9.17, 15) is 43.2 Å². The Hall–Kier alpha value is -1.94.